The Kier molecular flexibility index (Phi) is 4.70. The van der Waals surface area contributed by atoms with Crippen LogP contribution in [0.3, 0.4) is 0 Å². The molecule has 2 rings (SSSR count). The van der Waals surface area contributed by atoms with Crippen molar-refractivity contribution in [1.29, 1.82) is 0 Å². The molecule has 5 nitrogen and oxygen atoms in total. The fourth-order valence-corrected chi connectivity index (χ4v) is 2.76. The number of nitrogens with zero attached hydrogens (tertiary/aromatic N) is 2. The average Bonchev–Trinajstić information content (AvgIpc) is 2.91. The molecule has 0 saturated carbocycles. The van der Waals surface area contributed by atoms with Gasteiger partial charge in [-0.25, -0.2) is 0 Å². The van der Waals surface area contributed by atoms with Crippen LogP contribution >= 0.6 is 11.3 Å². The molecule has 1 N–H and O–H groups in total. The Hall–Kier alpha value is -1.92. The third-order valence-corrected chi connectivity index (χ3v) is 3.75. The number of nitrogens with one attached hydrogen (secondary N) is 1. The van der Waals surface area contributed by atoms with Gasteiger partial charge in [-0.2, -0.15) is 11.3 Å². The van der Waals surface area contributed by atoms with Crippen LogP contribution in [-0.4, -0.2) is 23.9 Å². The molecular formula is C14H17N3O2S. The Labute approximate surface area is 122 Å². The Morgan fingerprint density at radius 2 is 2.05 bits per heavy atom. The summed E-state index contributed by atoms with van der Waals surface area (Å²) < 4.78 is 0. The number of anilines is 1. The molecule has 0 amide bonds. The summed E-state index contributed by atoms with van der Waals surface area (Å²) in [5.74, 6) is 0. The van der Waals surface area contributed by atoms with Crippen LogP contribution < -0.4 is 5.32 Å². The lowest BCUT2D eigenvalue weighted by Gasteiger charge is -2.16. The second-order valence-corrected chi connectivity index (χ2v) is 5.44. The largest absolute Gasteiger partial charge is 0.383 e. The van der Waals surface area contributed by atoms with Gasteiger partial charge in [0.05, 0.1) is 4.92 Å². The Morgan fingerprint density at radius 1 is 1.30 bits per heavy atom. The second kappa shape index (κ2) is 6.49. The molecule has 0 atom stereocenters. The minimum atomic E-state index is -0.353. The van der Waals surface area contributed by atoms with Crippen LogP contribution in [0.4, 0.5) is 11.4 Å². The SMILES string of the molecule is CNc1ccc(CN(C)Cc2ccsc2)cc1[N+](=O)[O-]. The molecule has 0 radical (unpaired) electrons. The predicted molar refractivity (Wildman–Crippen MR) is 82.1 cm³/mol. The Bertz CT molecular complexity index is 584. The number of nitro groups is 1. The fourth-order valence-electron chi connectivity index (χ4n) is 2.10. The highest BCUT2D eigenvalue weighted by Crippen LogP contribution is 2.25. The molecule has 1 aromatic carbocycles. The zero-order valence-corrected chi connectivity index (χ0v) is 12.3. The molecule has 0 fully saturated rings. The van der Waals surface area contributed by atoms with Crippen LogP contribution in [0.1, 0.15) is 11.1 Å². The van der Waals surface area contributed by atoms with E-state index < -0.39 is 0 Å². The summed E-state index contributed by atoms with van der Waals surface area (Å²) in [6, 6.07) is 7.40. The molecule has 0 aliphatic rings. The lowest BCUT2D eigenvalue weighted by Crippen LogP contribution is -2.17. The smallest absolute Gasteiger partial charge is 0.292 e. The molecule has 0 bridgehead atoms. The van der Waals surface area contributed by atoms with Crippen molar-refractivity contribution < 1.29 is 4.92 Å². The monoisotopic (exact) mass is 291 g/mol. The lowest BCUT2D eigenvalue weighted by molar-refractivity contribution is -0.384. The first-order valence-corrected chi connectivity index (χ1v) is 7.19. The molecule has 0 aliphatic heterocycles. The maximum absolute atomic E-state index is 11.0. The van der Waals surface area contributed by atoms with Crippen molar-refractivity contribution in [2.75, 3.05) is 19.4 Å². The number of nitro benzene ring substituents is 1. The minimum Gasteiger partial charge on any atom is -0.383 e. The van der Waals surface area contributed by atoms with Crippen LogP contribution in [0.5, 0.6) is 0 Å². The van der Waals surface area contributed by atoms with Crippen molar-refractivity contribution in [3.05, 3.63) is 56.3 Å². The molecule has 2 aromatic rings. The van der Waals surface area contributed by atoms with E-state index in [1.165, 1.54) is 5.56 Å². The van der Waals surface area contributed by atoms with Gasteiger partial charge in [-0.3, -0.25) is 15.0 Å². The summed E-state index contributed by atoms with van der Waals surface area (Å²) in [5.41, 5.74) is 2.86. The summed E-state index contributed by atoms with van der Waals surface area (Å²) in [6.07, 6.45) is 0. The van der Waals surface area contributed by atoms with E-state index in [2.05, 4.69) is 27.0 Å². The number of thiophene rings is 1. The fraction of sp³-hybridized carbons (Fsp3) is 0.286. The standard InChI is InChI=1S/C14H17N3O2S/c1-15-13-4-3-11(7-14(13)17(18)19)8-16(2)9-12-5-6-20-10-12/h3-7,10,15H,8-9H2,1-2H3. The highest BCUT2D eigenvalue weighted by Gasteiger charge is 2.14. The van der Waals surface area contributed by atoms with Gasteiger partial charge >= 0.3 is 0 Å². The highest BCUT2D eigenvalue weighted by molar-refractivity contribution is 7.07. The minimum absolute atomic E-state index is 0.119. The van der Waals surface area contributed by atoms with Gasteiger partial charge in [0.1, 0.15) is 5.69 Å². The van der Waals surface area contributed by atoms with E-state index in [0.29, 0.717) is 12.2 Å². The number of rotatable bonds is 6. The van der Waals surface area contributed by atoms with Gasteiger partial charge in [-0.05, 0) is 41.1 Å². The molecular weight excluding hydrogens is 274 g/mol. The van der Waals surface area contributed by atoms with Crippen LogP contribution in [0, 0.1) is 10.1 Å². The zero-order valence-electron chi connectivity index (χ0n) is 11.5. The topological polar surface area (TPSA) is 58.4 Å². The quantitative estimate of drug-likeness (QED) is 0.655. The molecule has 1 heterocycles. The normalized spacial score (nSPS) is 10.8. The van der Waals surface area contributed by atoms with Gasteiger partial charge in [0.2, 0.25) is 0 Å². The van der Waals surface area contributed by atoms with Gasteiger partial charge in [0.15, 0.2) is 0 Å². The second-order valence-electron chi connectivity index (χ2n) is 4.66. The number of hydrogen-bond donors (Lipinski definition) is 1. The third-order valence-electron chi connectivity index (χ3n) is 3.01. The van der Waals surface area contributed by atoms with E-state index in [1.54, 1.807) is 30.5 Å². The van der Waals surface area contributed by atoms with Crippen LogP contribution in [-0.2, 0) is 13.1 Å². The maximum Gasteiger partial charge on any atom is 0.292 e. The molecule has 106 valence electrons. The van der Waals surface area contributed by atoms with Gasteiger partial charge in [-0.1, -0.05) is 6.07 Å². The first kappa shape index (κ1) is 14.5. The summed E-state index contributed by atoms with van der Waals surface area (Å²) in [4.78, 5) is 12.8. The molecule has 20 heavy (non-hydrogen) atoms. The van der Waals surface area contributed by atoms with E-state index in [1.807, 2.05) is 13.1 Å². The van der Waals surface area contributed by atoms with Crippen molar-refractivity contribution in [2.24, 2.45) is 0 Å². The van der Waals surface area contributed by atoms with Crippen LogP contribution in [0.15, 0.2) is 35.0 Å². The maximum atomic E-state index is 11.0. The predicted octanol–water partition coefficient (Wildman–Crippen LogP) is 3.33. The Balaban J connectivity index is 2.09. The summed E-state index contributed by atoms with van der Waals surface area (Å²) in [6.45, 7) is 1.52. The third kappa shape index (κ3) is 3.55. The van der Waals surface area contributed by atoms with Crippen LogP contribution in [0.25, 0.3) is 0 Å². The lowest BCUT2D eigenvalue weighted by atomic mass is 10.1. The van der Waals surface area contributed by atoms with Gasteiger partial charge in [0, 0.05) is 26.2 Å². The van der Waals surface area contributed by atoms with Gasteiger partial charge < -0.3 is 5.32 Å². The van der Waals surface area contributed by atoms with Crippen molar-refractivity contribution >= 4 is 22.7 Å². The molecule has 0 unspecified atom stereocenters. The van der Waals surface area contributed by atoms with E-state index in [-0.39, 0.29) is 10.6 Å². The van der Waals surface area contributed by atoms with Crippen LogP contribution in [0.2, 0.25) is 0 Å². The van der Waals surface area contributed by atoms with Crippen molar-refractivity contribution in [1.82, 2.24) is 4.90 Å². The molecule has 0 aliphatic carbocycles. The first-order chi connectivity index (χ1) is 9.60. The number of hydrogen-bond acceptors (Lipinski definition) is 5. The van der Waals surface area contributed by atoms with Gasteiger partial charge in [-0.15, -0.1) is 0 Å². The van der Waals surface area contributed by atoms with Crippen molar-refractivity contribution in [2.45, 2.75) is 13.1 Å². The van der Waals surface area contributed by atoms with E-state index >= 15 is 0 Å². The van der Waals surface area contributed by atoms with E-state index in [0.717, 1.165) is 12.1 Å². The molecule has 0 saturated heterocycles. The zero-order chi connectivity index (χ0) is 14.5. The average molecular weight is 291 g/mol. The molecule has 6 heteroatoms. The first-order valence-electron chi connectivity index (χ1n) is 6.25. The summed E-state index contributed by atoms with van der Waals surface area (Å²) in [5, 5.41) is 18.0. The van der Waals surface area contributed by atoms with E-state index in [4.69, 9.17) is 0 Å². The summed E-state index contributed by atoms with van der Waals surface area (Å²) in [7, 11) is 3.69. The Morgan fingerprint density at radius 3 is 2.65 bits per heavy atom. The number of benzene rings is 1. The van der Waals surface area contributed by atoms with Gasteiger partial charge in [0.25, 0.3) is 5.69 Å². The molecule has 0 spiro atoms. The summed E-state index contributed by atoms with van der Waals surface area (Å²) >= 11 is 1.67. The van der Waals surface area contributed by atoms with Crippen molar-refractivity contribution in [3.8, 4) is 0 Å². The highest BCUT2D eigenvalue weighted by atomic mass is 32.1. The van der Waals surface area contributed by atoms with E-state index in [9.17, 15) is 10.1 Å². The van der Waals surface area contributed by atoms with Crippen molar-refractivity contribution in [3.63, 3.8) is 0 Å². The molecule has 1 aromatic heterocycles.